The van der Waals surface area contributed by atoms with E-state index in [0.29, 0.717) is 0 Å². The Kier molecular flexibility index (Phi) is 5.82. The molecule has 4 atom stereocenters. The van der Waals surface area contributed by atoms with Crippen LogP contribution in [0, 0.1) is 11.8 Å². The number of aliphatic carboxylic acids is 1. The second kappa shape index (κ2) is 9.08. The molecule has 2 fully saturated rings. The van der Waals surface area contributed by atoms with E-state index < -0.39 is 35.8 Å². The van der Waals surface area contributed by atoms with Crippen LogP contribution in [0.5, 0.6) is 0 Å². The Morgan fingerprint density at radius 1 is 0.824 bits per heavy atom. The van der Waals surface area contributed by atoms with Gasteiger partial charge in [0, 0.05) is 12.6 Å². The van der Waals surface area contributed by atoms with E-state index in [1.54, 1.807) is 6.08 Å². The van der Waals surface area contributed by atoms with Crippen molar-refractivity contribution in [1.29, 1.82) is 0 Å². The van der Waals surface area contributed by atoms with Crippen LogP contribution in [0.4, 0.5) is 0 Å². The maximum absolute atomic E-state index is 13.3. The maximum Gasteiger partial charge on any atom is 0.321 e. The fourth-order valence-electron chi connectivity index (χ4n) is 4.96. The van der Waals surface area contributed by atoms with Crippen LogP contribution >= 0.6 is 0 Å². The topological polar surface area (TPSA) is 86.7 Å². The average molecular weight is 453 g/mol. The zero-order valence-corrected chi connectivity index (χ0v) is 18.4. The molecule has 2 amide bonds. The summed E-state index contributed by atoms with van der Waals surface area (Å²) >= 11 is 0. The Balaban J connectivity index is 1.40. The molecule has 0 saturated carbocycles. The fraction of sp³-hybridized carbons (Fsp3) is 0.179. The molecular formula is C28H24N2O4. The third-order valence-corrected chi connectivity index (χ3v) is 6.61. The number of carbonyl (C=O) groups is 3. The van der Waals surface area contributed by atoms with Gasteiger partial charge in [-0.25, -0.2) is 0 Å². The number of nitrogens with one attached hydrogen (secondary N) is 1. The molecule has 4 unspecified atom stereocenters. The molecule has 0 aromatic heterocycles. The molecule has 3 aromatic rings. The highest BCUT2D eigenvalue weighted by Gasteiger charge is 2.60. The summed E-state index contributed by atoms with van der Waals surface area (Å²) in [6.07, 6.45) is 3.61. The minimum atomic E-state index is -1.12. The molecule has 2 saturated heterocycles. The molecule has 3 aromatic carbocycles. The van der Waals surface area contributed by atoms with Crippen LogP contribution < -0.4 is 5.32 Å². The molecular weight excluding hydrogens is 428 g/mol. The standard InChI is InChI=1S/C28H24N2O4/c31-26-22-23(27(32)30(26)17-7-10-18-8-3-1-4-9-18)25(28(33)34)29-24(22)21-15-13-20(14-16-21)19-11-5-2-6-12-19/h1-16,22-25,29H,17H2,(H,33,34)/b10-7+. The van der Waals surface area contributed by atoms with Gasteiger partial charge in [-0.15, -0.1) is 0 Å². The molecule has 2 heterocycles. The van der Waals surface area contributed by atoms with Crippen molar-refractivity contribution < 1.29 is 19.5 Å². The first-order chi connectivity index (χ1) is 16.5. The van der Waals surface area contributed by atoms with Crippen LogP contribution in [0.15, 0.2) is 91.0 Å². The first-order valence-corrected chi connectivity index (χ1v) is 11.3. The number of amides is 2. The number of carboxylic acid groups (broad SMARTS) is 1. The third-order valence-electron chi connectivity index (χ3n) is 6.61. The molecule has 5 rings (SSSR count). The van der Waals surface area contributed by atoms with E-state index in [9.17, 15) is 19.5 Å². The predicted octanol–water partition coefficient (Wildman–Crippen LogP) is 3.77. The van der Waals surface area contributed by atoms with Crippen LogP contribution in [0.25, 0.3) is 17.2 Å². The number of benzene rings is 3. The summed E-state index contributed by atoms with van der Waals surface area (Å²) in [5.74, 6) is -3.56. The molecule has 170 valence electrons. The lowest BCUT2D eigenvalue weighted by Gasteiger charge is -2.21. The highest BCUT2D eigenvalue weighted by Crippen LogP contribution is 2.44. The first kappa shape index (κ1) is 21.8. The van der Waals surface area contributed by atoms with Gasteiger partial charge < -0.3 is 5.11 Å². The van der Waals surface area contributed by atoms with Gasteiger partial charge in [0.05, 0.1) is 11.8 Å². The van der Waals surface area contributed by atoms with Gasteiger partial charge in [0.2, 0.25) is 11.8 Å². The zero-order valence-electron chi connectivity index (χ0n) is 18.4. The molecule has 0 bridgehead atoms. The number of rotatable bonds is 6. The monoisotopic (exact) mass is 452 g/mol. The van der Waals surface area contributed by atoms with Crippen LogP contribution in [-0.4, -0.2) is 40.4 Å². The predicted molar refractivity (Wildman–Crippen MR) is 128 cm³/mol. The number of carbonyl (C=O) groups excluding carboxylic acids is 2. The summed E-state index contributed by atoms with van der Waals surface area (Å²) in [6, 6.07) is 25.6. The van der Waals surface area contributed by atoms with Gasteiger partial charge in [-0.2, -0.15) is 0 Å². The third kappa shape index (κ3) is 3.93. The van der Waals surface area contributed by atoms with Crippen molar-refractivity contribution in [2.45, 2.75) is 12.1 Å². The van der Waals surface area contributed by atoms with Crippen LogP contribution in [0.1, 0.15) is 17.2 Å². The Labute approximate surface area is 197 Å². The first-order valence-electron chi connectivity index (χ1n) is 11.3. The van der Waals surface area contributed by atoms with Crippen molar-refractivity contribution in [3.8, 4) is 11.1 Å². The van der Waals surface area contributed by atoms with Gasteiger partial charge in [-0.1, -0.05) is 97.1 Å². The van der Waals surface area contributed by atoms with E-state index in [-0.39, 0.29) is 12.5 Å². The lowest BCUT2D eigenvalue weighted by atomic mass is 9.86. The van der Waals surface area contributed by atoms with Crippen LogP contribution in [0.2, 0.25) is 0 Å². The molecule has 2 aliphatic heterocycles. The SMILES string of the molecule is O=C(O)C1NC(c2ccc(-c3ccccc3)cc2)C2C(=O)N(C/C=C/c3ccccc3)C(=O)C12. The van der Waals surface area contributed by atoms with Crippen molar-refractivity contribution in [2.24, 2.45) is 11.8 Å². The smallest absolute Gasteiger partial charge is 0.321 e. The Bertz CT molecular complexity index is 1240. The van der Waals surface area contributed by atoms with Gasteiger partial charge in [0.25, 0.3) is 0 Å². The van der Waals surface area contributed by atoms with E-state index in [1.807, 2.05) is 91.0 Å². The van der Waals surface area contributed by atoms with Gasteiger partial charge >= 0.3 is 5.97 Å². The summed E-state index contributed by atoms with van der Waals surface area (Å²) in [7, 11) is 0. The number of fused-ring (bicyclic) bond motifs is 1. The molecule has 0 spiro atoms. The number of nitrogens with zero attached hydrogens (tertiary/aromatic N) is 1. The fourth-order valence-corrected chi connectivity index (χ4v) is 4.96. The highest BCUT2D eigenvalue weighted by molar-refractivity contribution is 6.08. The second-order valence-electron chi connectivity index (χ2n) is 8.60. The minimum Gasteiger partial charge on any atom is -0.480 e. The lowest BCUT2D eigenvalue weighted by molar-refractivity contribution is -0.145. The number of hydrogen-bond donors (Lipinski definition) is 2. The van der Waals surface area contributed by atoms with Gasteiger partial charge in [-0.3, -0.25) is 24.6 Å². The minimum absolute atomic E-state index is 0.117. The molecule has 6 heteroatoms. The van der Waals surface area contributed by atoms with E-state index in [1.165, 1.54) is 4.90 Å². The number of carboxylic acids is 1. The number of likely N-dealkylation sites (tertiary alicyclic amines) is 1. The van der Waals surface area contributed by atoms with Gasteiger partial charge in [-0.05, 0) is 22.3 Å². The van der Waals surface area contributed by atoms with Gasteiger partial charge in [0.15, 0.2) is 0 Å². The molecule has 6 nitrogen and oxygen atoms in total. The largest absolute Gasteiger partial charge is 0.480 e. The van der Waals surface area contributed by atoms with E-state index in [4.69, 9.17) is 0 Å². The highest BCUT2D eigenvalue weighted by atomic mass is 16.4. The van der Waals surface area contributed by atoms with Crippen LogP contribution in [0.3, 0.4) is 0 Å². The zero-order chi connectivity index (χ0) is 23.7. The number of imide groups is 1. The summed E-state index contributed by atoms with van der Waals surface area (Å²) in [6.45, 7) is 0.117. The average Bonchev–Trinajstić information content (AvgIpc) is 3.38. The Hall–Kier alpha value is -4.03. The molecule has 0 aliphatic carbocycles. The van der Waals surface area contributed by atoms with Crippen molar-refractivity contribution >= 4 is 23.9 Å². The van der Waals surface area contributed by atoms with Crippen LogP contribution in [-0.2, 0) is 14.4 Å². The van der Waals surface area contributed by atoms with Crippen molar-refractivity contribution in [1.82, 2.24) is 10.2 Å². The molecule has 2 aliphatic rings. The maximum atomic E-state index is 13.3. The normalized spacial score (nSPS) is 24.1. The lowest BCUT2D eigenvalue weighted by Crippen LogP contribution is -2.43. The summed E-state index contributed by atoms with van der Waals surface area (Å²) in [4.78, 5) is 39.6. The van der Waals surface area contributed by atoms with Crippen molar-refractivity contribution in [3.05, 3.63) is 102 Å². The van der Waals surface area contributed by atoms with E-state index in [2.05, 4.69) is 5.32 Å². The van der Waals surface area contributed by atoms with E-state index in [0.717, 1.165) is 22.3 Å². The van der Waals surface area contributed by atoms with Crippen molar-refractivity contribution in [2.75, 3.05) is 6.54 Å². The summed E-state index contributed by atoms with van der Waals surface area (Å²) < 4.78 is 0. The molecule has 2 N–H and O–H groups in total. The van der Waals surface area contributed by atoms with Crippen molar-refractivity contribution in [3.63, 3.8) is 0 Å². The second-order valence-corrected chi connectivity index (χ2v) is 8.60. The summed E-state index contributed by atoms with van der Waals surface area (Å²) in [5.41, 5.74) is 3.85. The summed E-state index contributed by atoms with van der Waals surface area (Å²) in [5, 5.41) is 12.8. The molecule has 34 heavy (non-hydrogen) atoms. The Morgan fingerprint density at radius 2 is 1.41 bits per heavy atom. The molecule has 0 radical (unpaired) electrons. The quantitative estimate of drug-likeness (QED) is 0.556. The Morgan fingerprint density at radius 3 is 2.06 bits per heavy atom. The van der Waals surface area contributed by atoms with Gasteiger partial charge in [0.1, 0.15) is 6.04 Å². The van der Waals surface area contributed by atoms with E-state index >= 15 is 0 Å². The number of hydrogen-bond acceptors (Lipinski definition) is 4.